The number of aromatic nitrogens is 3. The monoisotopic (exact) mass is 440 g/mol. The van der Waals surface area contributed by atoms with Gasteiger partial charge in [-0.25, -0.2) is 0 Å². The van der Waals surface area contributed by atoms with Gasteiger partial charge in [-0.3, -0.25) is 9.36 Å². The Kier molecular flexibility index (Phi) is 6.18. The fourth-order valence-corrected chi connectivity index (χ4v) is 3.86. The molecule has 1 amide bonds. The Balaban J connectivity index is 2.25. The molecule has 0 aliphatic heterocycles. The fourth-order valence-electron chi connectivity index (χ4n) is 2.76. The summed E-state index contributed by atoms with van der Waals surface area (Å²) in [5.74, 6) is -0.411. The molecule has 0 aliphatic rings. The minimum absolute atomic E-state index is 0.127. The summed E-state index contributed by atoms with van der Waals surface area (Å²) in [6.45, 7) is 1.75. The second kappa shape index (κ2) is 8.46. The zero-order valence-corrected chi connectivity index (χ0v) is 16.7. The first-order chi connectivity index (χ1) is 13.7. The first-order valence-electron chi connectivity index (χ1n) is 8.56. The smallest absolute Gasteiger partial charge is 0.369 e. The van der Waals surface area contributed by atoms with Crippen LogP contribution in [0.4, 0.5) is 13.2 Å². The van der Waals surface area contributed by atoms with Crippen LogP contribution in [-0.2, 0) is 11.0 Å². The van der Waals surface area contributed by atoms with Crippen LogP contribution in [0.1, 0.15) is 18.9 Å². The number of alkyl halides is 3. The standard InChI is InChI=1S/C19H16ClF3N4OS/c1-2-15(16(24)28)29-18-26-25-17(11-6-5-7-12(20)10-11)27(18)14-9-4-3-8-13(14)19(21,22)23/h3-10,15H,2H2,1H3,(H2,24,28). The predicted octanol–water partition coefficient (Wildman–Crippen LogP) is 4.96. The molecule has 1 unspecified atom stereocenters. The highest BCUT2D eigenvalue weighted by atomic mass is 35.5. The van der Waals surface area contributed by atoms with Crippen molar-refractivity contribution in [3.05, 3.63) is 59.1 Å². The average Bonchev–Trinajstić information content (AvgIpc) is 3.08. The normalized spacial score (nSPS) is 12.7. The molecule has 5 nitrogen and oxygen atoms in total. The highest BCUT2D eigenvalue weighted by Gasteiger charge is 2.35. The van der Waals surface area contributed by atoms with Crippen molar-refractivity contribution in [3.63, 3.8) is 0 Å². The molecular formula is C19H16ClF3N4OS. The van der Waals surface area contributed by atoms with E-state index in [1.165, 1.54) is 22.8 Å². The molecule has 2 N–H and O–H groups in total. The summed E-state index contributed by atoms with van der Waals surface area (Å²) in [6, 6.07) is 11.7. The number of para-hydroxylation sites is 1. The van der Waals surface area contributed by atoms with Crippen molar-refractivity contribution in [1.29, 1.82) is 0 Å². The number of amides is 1. The van der Waals surface area contributed by atoms with Crippen LogP contribution in [-0.4, -0.2) is 25.9 Å². The lowest BCUT2D eigenvalue weighted by molar-refractivity contribution is -0.137. The maximum atomic E-state index is 13.7. The van der Waals surface area contributed by atoms with Crippen LogP contribution in [0.25, 0.3) is 17.1 Å². The Morgan fingerprint density at radius 3 is 2.55 bits per heavy atom. The Labute approximate surface area is 174 Å². The lowest BCUT2D eigenvalue weighted by atomic mass is 10.1. The van der Waals surface area contributed by atoms with E-state index in [1.807, 2.05) is 0 Å². The van der Waals surface area contributed by atoms with Gasteiger partial charge in [0.15, 0.2) is 11.0 Å². The molecule has 29 heavy (non-hydrogen) atoms. The van der Waals surface area contributed by atoms with Gasteiger partial charge in [0.2, 0.25) is 5.91 Å². The second-order valence-electron chi connectivity index (χ2n) is 6.08. The van der Waals surface area contributed by atoms with Crippen molar-refractivity contribution in [3.8, 4) is 17.1 Å². The third-order valence-corrected chi connectivity index (χ3v) is 5.66. The molecule has 0 saturated heterocycles. The number of carbonyl (C=O) groups is 1. The Hall–Kier alpha value is -2.52. The van der Waals surface area contributed by atoms with Gasteiger partial charge in [0.05, 0.1) is 16.5 Å². The third-order valence-electron chi connectivity index (χ3n) is 4.10. The molecule has 3 aromatic rings. The summed E-state index contributed by atoms with van der Waals surface area (Å²) in [5.41, 5.74) is 4.89. The van der Waals surface area contributed by atoms with Gasteiger partial charge in [-0.2, -0.15) is 13.2 Å². The van der Waals surface area contributed by atoms with Crippen molar-refractivity contribution in [2.24, 2.45) is 5.73 Å². The lowest BCUT2D eigenvalue weighted by Crippen LogP contribution is -2.25. The second-order valence-corrected chi connectivity index (χ2v) is 7.69. The van der Waals surface area contributed by atoms with Gasteiger partial charge in [0, 0.05) is 10.6 Å². The van der Waals surface area contributed by atoms with Crippen LogP contribution in [0, 0.1) is 0 Å². The van der Waals surface area contributed by atoms with Crippen molar-refractivity contribution in [2.45, 2.75) is 29.9 Å². The van der Waals surface area contributed by atoms with Crippen molar-refractivity contribution >= 4 is 29.3 Å². The first kappa shape index (κ1) is 21.2. The van der Waals surface area contributed by atoms with Crippen LogP contribution < -0.4 is 5.73 Å². The summed E-state index contributed by atoms with van der Waals surface area (Å²) >= 11 is 7.02. The number of primary amides is 1. The number of hydrogen-bond acceptors (Lipinski definition) is 4. The van der Waals surface area contributed by atoms with Gasteiger partial charge in [0.25, 0.3) is 0 Å². The fraction of sp³-hybridized carbons (Fsp3) is 0.211. The first-order valence-corrected chi connectivity index (χ1v) is 9.82. The molecule has 0 fully saturated rings. The van der Waals surface area contributed by atoms with Gasteiger partial charge in [-0.15, -0.1) is 10.2 Å². The van der Waals surface area contributed by atoms with Crippen LogP contribution in [0.3, 0.4) is 0 Å². The van der Waals surface area contributed by atoms with Crippen molar-refractivity contribution in [2.75, 3.05) is 0 Å². The number of rotatable bonds is 6. The van der Waals surface area contributed by atoms with Gasteiger partial charge < -0.3 is 5.73 Å². The Morgan fingerprint density at radius 1 is 1.21 bits per heavy atom. The van der Waals surface area contributed by atoms with E-state index in [9.17, 15) is 18.0 Å². The van der Waals surface area contributed by atoms with E-state index in [0.29, 0.717) is 17.0 Å². The number of nitrogens with two attached hydrogens (primary N) is 1. The van der Waals surface area contributed by atoms with E-state index in [0.717, 1.165) is 17.8 Å². The molecule has 1 aromatic heterocycles. The zero-order chi connectivity index (χ0) is 21.2. The summed E-state index contributed by atoms with van der Waals surface area (Å²) in [7, 11) is 0. The molecule has 0 radical (unpaired) electrons. The molecule has 10 heteroatoms. The molecule has 1 heterocycles. The minimum atomic E-state index is -4.59. The summed E-state index contributed by atoms with van der Waals surface area (Å²) in [5, 5.41) is 8.00. The molecular weight excluding hydrogens is 425 g/mol. The molecule has 152 valence electrons. The Bertz CT molecular complexity index is 1040. The molecule has 2 aromatic carbocycles. The van der Waals surface area contributed by atoms with E-state index < -0.39 is 22.9 Å². The largest absolute Gasteiger partial charge is 0.418 e. The van der Waals surface area contributed by atoms with E-state index in [4.69, 9.17) is 17.3 Å². The maximum absolute atomic E-state index is 13.7. The lowest BCUT2D eigenvalue weighted by Gasteiger charge is -2.17. The number of thioether (sulfide) groups is 1. The quantitative estimate of drug-likeness (QED) is 0.549. The van der Waals surface area contributed by atoms with Crippen molar-refractivity contribution in [1.82, 2.24) is 14.8 Å². The third kappa shape index (κ3) is 4.56. The van der Waals surface area contributed by atoms with Gasteiger partial charge in [0.1, 0.15) is 0 Å². The molecule has 0 aliphatic carbocycles. The number of hydrogen-bond donors (Lipinski definition) is 1. The molecule has 1 atom stereocenters. The highest BCUT2D eigenvalue weighted by Crippen LogP contribution is 2.38. The predicted molar refractivity (Wildman–Crippen MR) is 106 cm³/mol. The van der Waals surface area contributed by atoms with E-state index in [2.05, 4.69) is 10.2 Å². The number of benzene rings is 2. The van der Waals surface area contributed by atoms with Crippen molar-refractivity contribution < 1.29 is 18.0 Å². The van der Waals surface area contributed by atoms with Crippen LogP contribution >= 0.6 is 23.4 Å². The van der Waals surface area contributed by atoms with Gasteiger partial charge in [-0.1, -0.05) is 54.6 Å². The highest BCUT2D eigenvalue weighted by molar-refractivity contribution is 8.00. The molecule has 0 bridgehead atoms. The summed E-state index contributed by atoms with van der Waals surface area (Å²) in [6.07, 6.45) is -4.21. The SMILES string of the molecule is CCC(Sc1nnc(-c2cccc(Cl)c2)n1-c1ccccc1C(F)(F)F)C(N)=O. The number of halogens is 4. The summed E-state index contributed by atoms with van der Waals surface area (Å²) in [4.78, 5) is 11.7. The van der Waals surface area contributed by atoms with E-state index >= 15 is 0 Å². The van der Waals surface area contributed by atoms with Crippen LogP contribution in [0.2, 0.25) is 5.02 Å². The minimum Gasteiger partial charge on any atom is -0.369 e. The molecule has 0 spiro atoms. The average molecular weight is 441 g/mol. The molecule has 0 saturated carbocycles. The zero-order valence-electron chi connectivity index (χ0n) is 15.2. The Morgan fingerprint density at radius 2 is 1.93 bits per heavy atom. The molecule has 3 rings (SSSR count). The van der Waals surface area contributed by atoms with Crippen LogP contribution in [0.5, 0.6) is 0 Å². The maximum Gasteiger partial charge on any atom is 0.418 e. The van der Waals surface area contributed by atoms with Gasteiger partial charge in [-0.05, 0) is 30.7 Å². The van der Waals surface area contributed by atoms with Crippen LogP contribution in [0.15, 0.2) is 53.7 Å². The topological polar surface area (TPSA) is 73.8 Å². The summed E-state index contributed by atoms with van der Waals surface area (Å²) < 4.78 is 42.3. The van der Waals surface area contributed by atoms with E-state index in [1.54, 1.807) is 31.2 Å². The van der Waals surface area contributed by atoms with E-state index in [-0.39, 0.29) is 16.7 Å². The number of carbonyl (C=O) groups excluding carboxylic acids is 1. The number of nitrogens with zero attached hydrogens (tertiary/aromatic N) is 3. The van der Waals surface area contributed by atoms with Gasteiger partial charge >= 0.3 is 6.18 Å².